The van der Waals surface area contributed by atoms with E-state index in [0.717, 1.165) is 47.7 Å². The number of benzene rings is 3. The summed E-state index contributed by atoms with van der Waals surface area (Å²) >= 11 is 0. The van der Waals surface area contributed by atoms with Crippen molar-refractivity contribution in [1.29, 1.82) is 0 Å². The zero-order valence-corrected chi connectivity index (χ0v) is 34.1. The maximum atomic E-state index is 15.7. The van der Waals surface area contributed by atoms with Gasteiger partial charge in [0.1, 0.15) is 17.8 Å². The van der Waals surface area contributed by atoms with Crippen molar-refractivity contribution in [2.45, 2.75) is 61.2 Å². The molecule has 10 rings (SSSR count). The highest BCUT2D eigenvalue weighted by Crippen LogP contribution is 2.39. The summed E-state index contributed by atoms with van der Waals surface area (Å²) in [6.07, 6.45) is 5.75. The number of aromatic nitrogens is 8. The number of aryl methyl sites for hydroxylation is 1. The number of nitrogens with zero attached hydrogens (tertiary/aromatic N) is 10. The molecular weight excluding hydrogens is 806 g/mol. The van der Waals surface area contributed by atoms with Gasteiger partial charge in [-0.25, -0.2) is 22.6 Å². The third-order valence-electron chi connectivity index (χ3n) is 11.4. The van der Waals surface area contributed by atoms with E-state index in [-0.39, 0.29) is 58.5 Å². The number of urea groups is 1. The zero-order chi connectivity index (χ0) is 42.2. The van der Waals surface area contributed by atoms with Crippen LogP contribution in [0.1, 0.15) is 32.3 Å². The Balaban J connectivity index is 0.817. The highest BCUT2D eigenvalue weighted by molar-refractivity contribution is 7.91. The quantitative estimate of drug-likeness (QED) is 0.160. The first kappa shape index (κ1) is 38.3. The van der Waals surface area contributed by atoms with Crippen LogP contribution >= 0.6 is 0 Å². The highest BCUT2D eigenvalue weighted by Gasteiger charge is 2.43. The monoisotopic (exact) mass is 845 g/mol. The first-order valence-corrected chi connectivity index (χ1v) is 21.3. The van der Waals surface area contributed by atoms with Crippen molar-refractivity contribution >= 4 is 61.5 Å². The minimum Gasteiger partial charge on any atom is -0.485 e. The number of imide groups is 1. The van der Waals surface area contributed by atoms with E-state index in [9.17, 15) is 18.0 Å². The van der Waals surface area contributed by atoms with Crippen molar-refractivity contribution < 1.29 is 27.1 Å². The first-order chi connectivity index (χ1) is 29.4. The lowest BCUT2D eigenvalue weighted by molar-refractivity contribution is -0.120. The molecule has 3 aromatic carbocycles. The number of rotatable bonds is 11. The number of anilines is 4. The minimum absolute atomic E-state index is 0.00805. The number of halogens is 1. The third kappa shape index (κ3) is 6.86. The van der Waals surface area contributed by atoms with Gasteiger partial charge in [0.15, 0.2) is 11.6 Å². The van der Waals surface area contributed by atoms with Crippen molar-refractivity contribution in [3.63, 3.8) is 0 Å². The second-order valence-electron chi connectivity index (χ2n) is 15.7. The normalized spacial score (nSPS) is 18.2. The summed E-state index contributed by atoms with van der Waals surface area (Å²) in [4.78, 5) is 39.4. The van der Waals surface area contributed by atoms with E-state index in [1.165, 1.54) is 33.9 Å². The number of fused-ring (bicyclic) bond motifs is 4. The molecule has 2 bridgehead atoms. The van der Waals surface area contributed by atoms with E-state index < -0.39 is 21.7 Å². The average molecular weight is 846 g/mol. The SMILES string of the molecule is CC(C)Oc1c(-c2cn[nH]c2)ncn2nc(Nc3ccc(S(=O)(=O)c4cccc(CN5CC6CC5CN6c5ccc6c(N7CCC(=O)NC7=O)nn(C)c6c5)c4)cc3F)nc12. The van der Waals surface area contributed by atoms with Crippen molar-refractivity contribution in [2.24, 2.45) is 7.05 Å². The number of likely N-dealkylation sites (tertiary alicyclic amines) is 1. The molecule has 312 valence electrons. The minimum atomic E-state index is -4.07. The number of ether oxygens (including phenoxy) is 1. The molecule has 18 nitrogen and oxygen atoms in total. The van der Waals surface area contributed by atoms with Crippen LogP contribution in [0.4, 0.5) is 32.3 Å². The molecule has 3 aliphatic rings. The van der Waals surface area contributed by atoms with Gasteiger partial charge in [0.05, 0.1) is 33.3 Å². The number of sulfone groups is 1. The van der Waals surface area contributed by atoms with E-state index in [4.69, 9.17) is 4.74 Å². The summed E-state index contributed by atoms with van der Waals surface area (Å²) < 4.78 is 52.6. The van der Waals surface area contributed by atoms with Crippen LogP contribution in [-0.2, 0) is 28.2 Å². The van der Waals surface area contributed by atoms with E-state index >= 15 is 4.39 Å². The van der Waals surface area contributed by atoms with E-state index in [0.29, 0.717) is 35.0 Å². The van der Waals surface area contributed by atoms with Gasteiger partial charge in [0, 0.05) is 74.6 Å². The molecule has 2 unspecified atom stereocenters. The number of hydrogen-bond donors (Lipinski definition) is 3. The van der Waals surface area contributed by atoms with Gasteiger partial charge in [-0.3, -0.25) is 29.7 Å². The molecule has 3 amide bonds. The Kier molecular flexibility index (Phi) is 9.20. The fourth-order valence-electron chi connectivity index (χ4n) is 8.52. The van der Waals surface area contributed by atoms with Gasteiger partial charge in [-0.15, -0.1) is 5.10 Å². The summed E-state index contributed by atoms with van der Waals surface area (Å²) in [7, 11) is -2.23. The maximum Gasteiger partial charge on any atom is 0.329 e. The first-order valence-electron chi connectivity index (χ1n) is 19.8. The second-order valence-corrected chi connectivity index (χ2v) is 17.7. The average Bonchev–Trinajstić information content (AvgIpc) is 4.09. The number of nitrogens with one attached hydrogen (secondary N) is 3. The number of hydrogen-bond acceptors (Lipinski definition) is 13. The summed E-state index contributed by atoms with van der Waals surface area (Å²) in [6.45, 7) is 6.19. The molecular formula is C41H40FN13O5S. The predicted octanol–water partition coefficient (Wildman–Crippen LogP) is 4.81. The molecule has 20 heteroatoms. The van der Waals surface area contributed by atoms with Gasteiger partial charge in [0.25, 0.3) is 0 Å². The fraction of sp³-hybridized carbons (Fsp3) is 0.293. The topological polar surface area (TPSA) is 201 Å². The molecule has 3 saturated heterocycles. The molecule has 2 atom stereocenters. The van der Waals surface area contributed by atoms with Crippen LogP contribution in [0.15, 0.2) is 89.2 Å². The lowest BCUT2D eigenvalue weighted by Gasteiger charge is -2.35. The molecule has 7 aromatic rings. The lowest BCUT2D eigenvalue weighted by Crippen LogP contribution is -2.49. The molecule has 7 heterocycles. The number of aromatic amines is 1. The molecule has 4 aromatic heterocycles. The molecule has 0 spiro atoms. The molecule has 61 heavy (non-hydrogen) atoms. The molecule has 3 aliphatic heterocycles. The Morgan fingerprint density at radius 2 is 1.87 bits per heavy atom. The van der Waals surface area contributed by atoms with Gasteiger partial charge >= 0.3 is 6.03 Å². The summed E-state index contributed by atoms with van der Waals surface area (Å²) in [6, 6.07) is 16.7. The van der Waals surface area contributed by atoms with Gasteiger partial charge < -0.3 is 15.0 Å². The summed E-state index contributed by atoms with van der Waals surface area (Å²) in [5.74, 6) is -0.118. The van der Waals surface area contributed by atoms with Gasteiger partial charge in [-0.05, 0) is 74.4 Å². The Morgan fingerprint density at radius 3 is 2.62 bits per heavy atom. The molecule has 0 saturated carbocycles. The number of piperazine rings is 1. The van der Waals surface area contributed by atoms with Crippen LogP contribution < -0.4 is 25.2 Å². The van der Waals surface area contributed by atoms with Crippen LogP contribution in [0.5, 0.6) is 5.75 Å². The van der Waals surface area contributed by atoms with Gasteiger partial charge in [0.2, 0.25) is 27.3 Å². The van der Waals surface area contributed by atoms with E-state index in [1.54, 1.807) is 29.2 Å². The third-order valence-corrected chi connectivity index (χ3v) is 13.1. The Morgan fingerprint density at radius 1 is 1.02 bits per heavy atom. The van der Waals surface area contributed by atoms with Crippen molar-refractivity contribution in [3.8, 4) is 17.0 Å². The highest BCUT2D eigenvalue weighted by atomic mass is 32.2. The van der Waals surface area contributed by atoms with Crippen LogP contribution in [0.25, 0.3) is 27.8 Å². The smallest absolute Gasteiger partial charge is 0.329 e. The number of H-pyrrole nitrogens is 1. The predicted molar refractivity (Wildman–Crippen MR) is 222 cm³/mol. The number of amides is 3. The van der Waals surface area contributed by atoms with Crippen molar-refractivity contribution in [2.75, 3.05) is 34.8 Å². The Bertz CT molecular complexity index is 2990. The van der Waals surface area contributed by atoms with E-state index in [2.05, 4.69) is 62.9 Å². The molecule has 3 N–H and O–H groups in total. The molecule has 0 radical (unpaired) electrons. The largest absolute Gasteiger partial charge is 0.485 e. The van der Waals surface area contributed by atoms with Crippen LogP contribution in [0.2, 0.25) is 0 Å². The standard InChI is InChI=1S/C41H40FN13O5S/c1-23(2)60-37-36(25-17-44-45-18-25)43-22-55-39(37)48-40(50-55)46-33-10-8-30(16-32(33)42)61(58,59)29-6-4-5-24(13-29)19-52-20-28-14-27(52)21-54(28)26-7-9-31-34(15-26)51(3)49-38(31)53-12-11-35(56)47-41(53)57/h4-10,13,15-18,22-23,27-28H,11-12,14,19-21H2,1-3H3,(H,44,45)(H,46,50)(H,47,56,57). The van der Waals surface area contributed by atoms with Gasteiger partial charge in [-0.1, -0.05) is 12.1 Å². The molecule has 0 aliphatic carbocycles. The molecule has 3 fully saturated rings. The van der Waals surface area contributed by atoms with Crippen LogP contribution in [0.3, 0.4) is 0 Å². The fourth-order valence-corrected chi connectivity index (χ4v) is 9.86. The lowest BCUT2D eigenvalue weighted by atomic mass is 10.1. The Hall–Kier alpha value is -6.93. The van der Waals surface area contributed by atoms with E-state index in [1.807, 2.05) is 33.0 Å². The number of carbonyl (C=O) groups is 2. The zero-order valence-electron chi connectivity index (χ0n) is 33.3. The van der Waals surface area contributed by atoms with Gasteiger partial charge in [-0.2, -0.15) is 19.7 Å². The van der Waals surface area contributed by atoms with Crippen LogP contribution in [0, 0.1) is 5.82 Å². The van der Waals surface area contributed by atoms with Crippen LogP contribution in [-0.4, -0.2) is 103 Å². The maximum absolute atomic E-state index is 15.7. The summed E-state index contributed by atoms with van der Waals surface area (Å²) in [5, 5.41) is 21.8. The second kappa shape index (κ2) is 14.7. The van der Waals surface area contributed by atoms with Crippen molar-refractivity contribution in [3.05, 3.63) is 90.8 Å². The van der Waals surface area contributed by atoms with Crippen molar-refractivity contribution in [1.82, 2.24) is 49.8 Å². The summed E-state index contributed by atoms with van der Waals surface area (Å²) in [5.41, 5.74) is 4.34. The number of carbonyl (C=O) groups excluding carboxylic acids is 2. The Labute approximate surface area is 348 Å².